The fourth-order valence-electron chi connectivity index (χ4n) is 1.29. The van der Waals surface area contributed by atoms with Gasteiger partial charge in [-0.3, -0.25) is 4.79 Å². The number of halogens is 5. The first-order valence-electron chi connectivity index (χ1n) is 4.75. The molecule has 0 aliphatic carbocycles. The van der Waals surface area contributed by atoms with E-state index in [1.165, 1.54) is 6.92 Å². The van der Waals surface area contributed by atoms with Gasteiger partial charge in [0.2, 0.25) is 5.82 Å². The van der Waals surface area contributed by atoms with Gasteiger partial charge in [-0.15, -0.1) is 0 Å². The Morgan fingerprint density at radius 1 is 1.06 bits per heavy atom. The number of hydrogen-bond acceptors (Lipinski definition) is 2. The van der Waals surface area contributed by atoms with Gasteiger partial charge in [0.1, 0.15) is 5.69 Å². The van der Waals surface area contributed by atoms with Gasteiger partial charge in [-0.2, -0.15) is 0 Å². The van der Waals surface area contributed by atoms with Gasteiger partial charge >= 0.3 is 5.97 Å². The summed E-state index contributed by atoms with van der Waals surface area (Å²) in [5.74, 6) is -11.8. The van der Waals surface area contributed by atoms with E-state index in [1.807, 2.05) is 5.32 Å². The second-order valence-corrected chi connectivity index (χ2v) is 3.59. The second-order valence-electron chi connectivity index (χ2n) is 3.59. The Balaban J connectivity index is 3.13. The molecule has 0 aliphatic heterocycles. The molecule has 1 aromatic carbocycles. The van der Waals surface area contributed by atoms with E-state index in [0.717, 1.165) is 0 Å². The SMILES string of the molecule is CC(CC(=O)O)Nc1c(F)c(F)c(F)c(F)c1F. The van der Waals surface area contributed by atoms with Crippen molar-refractivity contribution in [3.8, 4) is 0 Å². The molecular formula is C10H8F5NO2. The van der Waals surface area contributed by atoms with Crippen molar-refractivity contribution < 1.29 is 31.9 Å². The molecule has 0 bridgehead atoms. The summed E-state index contributed by atoms with van der Waals surface area (Å²) >= 11 is 0. The van der Waals surface area contributed by atoms with Crippen molar-refractivity contribution in [3.05, 3.63) is 29.1 Å². The van der Waals surface area contributed by atoms with E-state index in [4.69, 9.17) is 5.11 Å². The van der Waals surface area contributed by atoms with Crippen LogP contribution in [-0.4, -0.2) is 17.1 Å². The van der Waals surface area contributed by atoms with E-state index in [1.54, 1.807) is 0 Å². The van der Waals surface area contributed by atoms with Crippen molar-refractivity contribution in [2.24, 2.45) is 0 Å². The summed E-state index contributed by atoms with van der Waals surface area (Å²) < 4.78 is 64.6. The lowest BCUT2D eigenvalue weighted by molar-refractivity contribution is -0.137. The molecule has 0 aliphatic rings. The van der Waals surface area contributed by atoms with Crippen LogP contribution >= 0.6 is 0 Å². The number of carbonyl (C=O) groups is 1. The molecule has 1 unspecified atom stereocenters. The van der Waals surface area contributed by atoms with Crippen molar-refractivity contribution in [3.63, 3.8) is 0 Å². The van der Waals surface area contributed by atoms with E-state index in [9.17, 15) is 26.7 Å². The van der Waals surface area contributed by atoms with E-state index >= 15 is 0 Å². The van der Waals surface area contributed by atoms with Crippen LogP contribution in [0.1, 0.15) is 13.3 Å². The van der Waals surface area contributed by atoms with Gasteiger partial charge in [0, 0.05) is 6.04 Å². The summed E-state index contributed by atoms with van der Waals surface area (Å²) in [5, 5.41) is 10.4. The Hall–Kier alpha value is -1.86. The van der Waals surface area contributed by atoms with Crippen LogP contribution in [0.3, 0.4) is 0 Å². The third kappa shape index (κ3) is 2.69. The molecule has 3 nitrogen and oxygen atoms in total. The minimum Gasteiger partial charge on any atom is -0.481 e. The number of benzene rings is 1. The topological polar surface area (TPSA) is 49.3 Å². The first kappa shape index (κ1) is 14.2. The average molecular weight is 269 g/mol. The molecule has 1 aromatic rings. The maximum absolute atomic E-state index is 13.2. The molecule has 18 heavy (non-hydrogen) atoms. The fraction of sp³-hybridized carbons (Fsp3) is 0.300. The molecule has 1 rings (SSSR count). The van der Waals surface area contributed by atoms with Crippen LogP contribution in [-0.2, 0) is 4.79 Å². The number of rotatable bonds is 4. The first-order chi connectivity index (χ1) is 8.25. The van der Waals surface area contributed by atoms with Gasteiger partial charge in [-0.05, 0) is 6.92 Å². The standard InChI is InChI=1S/C10H8F5NO2/c1-3(2-4(17)18)16-10-8(14)6(12)5(11)7(13)9(10)15/h3,16H,2H2,1H3,(H,17,18). The zero-order valence-corrected chi connectivity index (χ0v) is 9.03. The normalized spacial score (nSPS) is 12.3. The summed E-state index contributed by atoms with van der Waals surface area (Å²) in [6.45, 7) is 1.23. The van der Waals surface area contributed by atoms with Crippen molar-refractivity contribution in [1.82, 2.24) is 0 Å². The van der Waals surface area contributed by atoms with Gasteiger partial charge in [-0.1, -0.05) is 0 Å². The molecule has 0 fully saturated rings. The molecule has 8 heteroatoms. The van der Waals surface area contributed by atoms with Crippen LogP contribution in [0, 0.1) is 29.1 Å². The molecule has 0 amide bonds. The number of hydrogen-bond donors (Lipinski definition) is 2. The minimum absolute atomic E-state index is 0.542. The van der Waals surface area contributed by atoms with Gasteiger partial charge in [0.05, 0.1) is 6.42 Å². The number of anilines is 1. The van der Waals surface area contributed by atoms with Crippen molar-refractivity contribution in [2.45, 2.75) is 19.4 Å². The van der Waals surface area contributed by atoms with Crippen molar-refractivity contribution >= 4 is 11.7 Å². The molecule has 0 radical (unpaired) electrons. The highest BCUT2D eigenvalue weighted by Gasteiger charge is 2.26. The van der Waals surface area contributed by atoms with Gasteiger partial charge in [0.15, 0.2) is 23.3 Å². The highest BCUT2D eigenvalue weighted by Crippen LogP contribution is 2.27. The maximum Gasteiger partial charge on any atom is 0.305 e. The van der Waals surface area contributed by atoms with E-state index < -0.39 is 53.2 Å². The van der Waals surface area contributed by atoms with E-state index in [2.05, 4.69) is 0 Å². The Kier molecular flexibility index (Phi) is 4.10. The predicted octanol–water partition coefficient (Wildman–Crippen LogP) is 2.66. The Labute approximate surface area is 98.2 Å². The Morgan fingerprint density at radius 3 is 1.83 bits per heavy atom. The molecular weight excluding hydrogens is 261 g/mol. The minimum atomic E-state index is -2.26. The van der Waals surface area contributed by atoms with E-state index in [-0.39, 0.29) is 0 Å². The lowest BCUT2D eigenvalue weighted by Gasteiger charge is -2.15. The predicted molar refractivity (Wildman–Crippen MR) is 51.6 cm³/mol. The third-order valence-electron chi connectivity index (χ3n) is 2.08. The molecule has 0 aromatic heterocycles. The van der Waals surface area contributed by atoms with Gasteiger partial charge < -0.3 is 10.4 Å². The highest BCUT2D eigenvalue weighted by molar-refractivity contribution is 5.68. The number of aliphatic carboxylic acids is 1. The lowest BCUT2D eigenvalue weighted by atomic mass is 10.2. The highest BCUT2D eigenvalue weighted by atomic mass is 19.2. The second kappa shape index (κ2) is 5.19. The Bertz CT molecular complexity index is 463. The maximum atomic E-state index is 13.2. The third-order valence-corrected chi connectivity index (χ3v) is 2.08. The summed E-state index contributed by atoms with van der Waals surface area (Å²) in [6.07, 6.45) is -0.542. The molecule has 0 saturated heterocycles. The van der Waals surface area contributed by atoms with Gasteiger partial charge in [-0.25, -0.2) is 22.0 Å². The van der Waals surface area contributed by atoms with Crippen LogP contribution in [0.2, 0.25) is 0 Å². The van der Waals surface area contributed by atoms with Crippen LogP contribution in [0.15, 0.2) is 0 Å². The summed E-state index contributed by atoms with van der Waals surface area (Å²) in [7, 11) is 0. The molecule has 0 saturated carbocycles. The van der Waals surface area contributed by atoms with Crippen LogP contribution in [0.5, 0.6) is 0 Å². The van der Waals surface area contributed by atoms with Crippen LogP contribution < -0.4 is 5.32 Å². The Morgan fingerprint density at radius 2 is 1.44 bits per heavy atom. The quantitative estimate of drug-likeness (QED) is 0.502. The summed E-state index contributed by atoms with van der Waals surface area (Å²) in [6, 6.07) is -1.00. The van der Waals surface area contributed by atoms with Crippen molar-refractivity contribution in [1.29, 1.82) is 0 Å². The summed E-state index contributed by atoms with van der Waals surface area (Å²) in [4.78, 5) is 10.3. The van der Waals surface area contributed by atoms with E-state index in [0.29, 0.717) is 0 Å². The zero-order chi connectivity index (χ0) is 14.0. The molecule has 0 heterocycles. The molecule has 2 N–H and O–H groups in total. The summed E-state index contributed by atoms with van der Waals surface area (Å²) in [5.41, 5.74) is -1.24. The lowest BCUT2D eigenvalue weighted by Crippen LogP contribution is -2.22. The number of carboxylic acids is 1. The largest absolute Gasteiger partial charge is 0.481 e. The first-order valence-corrected chi connectivity index (χ1v) is 4.75. The number of carboxylic acid groups (broad SMARTS) is 1. The van der Waals surface area contributed by atoms with Crippen LogP contribution in [0.25, 0.3) is 0 Å². The molecule has 1 atom stereocenters. The van der Waals surface area contributed by atoms with Crippen LogP contribution in [0.4, 0.5) is 27.6 Å². The monoisotopic (exact) mass is 269 g/mol. The zero-order valence-electron chi connectivity index (χ0n) is 9.03. The smallest absolute Gasteiger partial charge is 0.305 e. The fourth-order valence-corrected chi connectivity index (χ4v) is 1.29. The van der Waals surface area contributed by atoms with Gasteiger partial charge in [0.25, 0.3) is 0 Å². The molecule has 100 valence electrons. The van der Waals surface area contributed by atoms with Crippen molar-refractivity contribution in [2.75, 3.05) is 5.32 Å². The molecule has 0 spiro atoms. The average Bonchev–Trinajstić information content (AvgIpc) is 2.29. The number of nitrogens with one attached hydrogen (secondary N) is 1.